The monoisotopic (exact) mass is 208 g/mol. The number of anilines is 1. The van der Waals surface area contributed by atoms with Crippen molar-refractivity contribution in [3.63, 3.8) is 0 Å². The van der Waals surface area contributed by atoms with Gasteiger partial charge in [-0.25, -0.2) is 8.78 Å². The van der Waals surface area contributed by atoms with Crippen molar-refractivity contribution in [2.45, 2.75) is 6.92 Å². The number of aromatic nitrogens is 1. The van der Waals surface area contributed by atoms with Crippen molar-refractivity contribution in [3.05, 3.63) is 36.0 Å². The quantitative estimate of drug-likeness (QED) is 0.820. The number of benzene rings is 1. The third-order valence-corrected chi connectivity index (χ3v) is 2.13. The lowest BCUT2D eigenvalue weighted by Gasteiger charge is -2.07. The predicted molar refractivity (Wildman–Crippen MR) is 55.8 cm³/mol. The second-order valence-electron chi connectivity index (χ2n) is 3.17. The fourth-order valence-electron chi connectivity index (χ4n) is 1.54. The second kappa shape index (κ2) is 3.81. The molecule has 0 aliphatic heterocycles. The fraction of sp³-hybridized carbons (Fsp3) is 0.182. The molecular weight excluding hydrogens is 198 g/mol. The Morgan fingerprint density at radius 1 is 1.33 bits per heavy atom. The van der Waals surface area contributed by atoms with Crippen LogP contribution in [0.15, 0.2) is 24.4 Å². The van der Waals surface area contributed by atoms with Crippen LogP contribution in [0.2, 0.25) is 0 Å². The minimum absolute atomic E-state index is 0.325. The van der Waals surface area contributed by atoms with Crippen LogP contribution < -0.4 is 5.32 Å². The standard InChI is InChI=1S/C11H10F2N2/c1-2-14-9-3-4-15-10-6-7(12)5-8(13)11(9)10/h3-6H,2H2,1H3,(H,14,15). The molecule has 0 unspecified atom stereocenters. The van der Waals surface area contributed by atoms with Crippen LogP contribution in [-0.4, -0.2) is 11.5 Å². The highest BCUT2D eigenvalue weighted by molar-refractivity contribution is 5.91. The molecule has 0 spiro atoms. The number of halogens is 2. The predicted octanol–water partition coefficient (Wildman–Crippen LogP) is 2.94. The normalized spacial score (nSPS) is 10.6. The molecule has 1 aromatic heterocycles. The van der Waals surface area contributed by atoms with Gasteiger partial charge in [-0.15, -0.1) is 0 Å². The van der Waals surface area contributed by atoms with Crippen molar-refractivity contribution in [3.8, 4) is 0 Å². The van der Waals surface area contributed by atoms with E-state index in [1.165, 1.54) is 12.3 Å². The SMILES string of the molecule is CCNc1ccnc2cc(F)cc(F)c12. The molecule has 0 amide bonds. The summed E-state index contributed by atoms with van der Waals surface area (Å²) in [5.41, 5.74) is 0.964. The van der Waals surface area contributed by atoms with Crippen molar-refractivity contribution in [1.29, 1.82) is 0 Å². The fourth-order valence-corrected chi connectivity index (χ4v) is 1.54. The van der Waals surface area contributed by atoms with Gasteiger partial charge in [-0.05, 0) is 13.0 Å². The molecule has 0 fully saturated rings. The first-order chi connectivity index (χ1) is 7.22. The maximum Gasteiger partial charge on any atom is 0.137 e. The highest BCUT2D eigenvalue weighted by Crippen LogP contribution is 2.25. The van der Waals surface area contributed by atoms with Gasteiger partial charge in [0.25, 0.3) is 0 Å². The molecule has 2 rings (SSSR count). The first kappa shape index (κ1) is 9.83. The van der Waals surface area contributed by atoms with E-state index in [2.05, 4.69) is 10.3 Å². The van der Waals surface area contributed by atoms with Crippen LogP contribution in [0.5, 0.6) is 0 Å². The molecule has 4 heteroatoms. The summed E-state index contributed by atoms with van der Waals surface area (Å²) in [4.78, 5) is 3.93. The van der Waals surface area contributed by atoms with Crippen molar-refractivity contribution < 1.29 is 8.78 Å². The van der Waals surface area contributed by atoms with Gasteiger partial charge in [0.05, 0.1) is 10.9 Å². The van der Waals surface area contributed by atoms with Gasteiger partial charge < -0.3 is 5.32 Å². The van der Waals surface area contributed by atoms with Crippen LogP contribution in [0, 0.1) is 11.6 Å². The van der Waals surface area contributed by atoms with E-state index in [1.54, 1.807) is 6.07 Å². The van der Waals surface area contributed by atoms with E-state index in [9.17, 15) is 8.78 Å². The largest absolute Gasteiger partial charge is 0.385 e. The molecule has 1 N–H and O–H groups in total. The zero-order chi connectivity index (χ0) is 10.8. The molecule has 0 atom stereocenters. The third-order valence-electron chi connectivity index (χ3n) is 2.13. The van der Waals surface area contributed by atoms with Gasteiger partial charge in [-0.3, -0.25) is 4.98 Å². The molecule has 2 nitrogen and oxygen atoms in total. The minimum Gasteiger partial charge on any atom is -0.385 e. The average molecular weight is 208 g/mol. The maximum atomic E-state index is 13.5. The first-order valence-corrected chi connectivity index (χ1v) is 4.70. The summed E-state index contributed by atoms with van der Waals surface area (Å²) in [5.74, 6) is -1.20. The van der Waals surface area contributed by atoms with Crippen molar-refractivity contribution in [1.82, 2.24) is 4.98 Å². The molecule has 0 saturated heterocycles. The molecule has 1 heterocycles. The zero-order valence-electron chi connectivity index (χ0n) is 8.22. The Labute approximate surface area is 85.9 Å². The number of pyridine rings is 1. The number of nitrogens with one attached hydrogen (secondary N) is 1. The first-order valence-electron chi connectivity index (χ1n) is 4.70. The number of hydrogen-bond acceptors (Lipinski definition) is 2. The van der Waals surface area contributed by atoms with Gasteiger partial charge in [0.2, 0.25) is 0 Å². The molecular formula is C11H10F2N2. The lowest BCUT2D eigenvalue weighted by molar-refractivity contribution is 0.591. The smallest absolute Gasteiger partial charge is 0.137 e. The molecule has 15 heavy (non-hydrogen) atoms. The summed E-state index contributed by atoms with van der Waals surface area (Å²) < 4.78 is 26.4. The number of fused-ring (bicyclic) bond motifs is 1. The summed E-state index contributed by atoms with van der Waals surface area (Å²) in [6, 6.07) is 3.76. The molecule has 0 bridgehead atoms. The highest BCUT2D eigenvalue weighted by Gasteiger charge is 2.08. The topological polar surface area (TPSA) is 24.9 Å². The molecule has 0 saturated carbocycles. The van der Waals surface area contributed by atoms with Gasteiger partial charge >= 0.3 is 0 Å². The number of hydrogen-bond donors (Lipinski definition) is 1. The van der Waals surface area contributed by atoms with Crippen molar-refractivity contribution >= 4 is 16.6 Å². The zero-order valence-corrected chi connectivity index (χ0v) is 8.22. The summed E-state index contributed by atoms with van der Waals surface area (Å²) in [6.07, 6.45) is 1.53. The molecule has 0 aliphatic carbocycles. The van der Waals surface area contributed by atoms with Gasteiger partial charge in [0.1, 0.15) is 11.6 Å². The molecule has 0 aliphatic rings. The van der Waals surface area contributed by atoms with Gasteiger partial charge in [-0.1, -0.05) is 0 Å². The van der Waals surface area contributed by atoms with Crippen LogP contribution >= 0.6 is 0 Å². The number of rotatable bonds is 2. The minimum atomic E-state index is -0.610. The summed E-state index contributed by atoms with van der Waals surface area (Å²) >= 11 is 0. The third kappa shape index (κ3) is 1.75. The van der Waals surface area contributed by atoms with Gasteiger partial charge in [0, 0.05) is 30.6 Å². The Balaban J connectivity index is 2.73. The van der Waals surface area contributed by atoms with Crippen LogP contribution in [-0.2, 0) is 0 Å². The van der Waals surface area contributed by atoms with E-state index in [0.29, 0.717) is 23.1 Å². The van der Waals surface area contributed by atoms with E-state index < -0.39 is 11.6 Å². The van der Waals surface area contributed by atoms with E-state index in [0.717, 1.165) is 6.07 Å². The van der Waals surface area contributed by atoms with Crippen LogP contribution in [0.25, 0.3) is 10.9 Å². The second-order valence-corrected chi connectivity index (χ2v) is 3.17. The molecule has 1 aromatic carbocycles. The Kier molecular flexibility index (Phi) is 2.49. The highest BCUT2D eigenvalue weighted by atomic mass is 19.1. The lowest BCUT2D eigenvalue weighted by Crippen LogP contribution is -1.99. The molecule has 78 valence electrons. The van der Waals surface area contributed by atoms with Gasteiger partial charge in [0.15, 0.2) is 0 Å². The lowest BCUT2D eigenvalue weighted by atomic mass is 10.1. The van der Waals surface area contributed by atoms with Crippen molar-refractivity contribution in [2.75, 3.05) is 11.9 Å². The Hall–Kier alpha value is -1.71. The maximum absolute atomic E-state index is 13.5. The molecule has 2 aromatic rings. The van der Waals surface area contributed by atoms with E-state index in [4.69, 9.17) is 0 Å². The van der Waals surface area contributed by atoms with E-state index >= 15 is 0 Å². The van der Waals surface area contributed by atoms with Gasteiger partial charge in [-0.2, -0.15) is 0 Å². The van der Waals surface area contributed by atoms with E-state index in [1.807, 2.05) is 6.92 Å². The van der Waals surface area contributed by atoms with Crippen LogP contribution in [0.3, 0.4) is 0 Å². The van der Waals surface area contributed by atoms with Crippen LogP contribution in [0.1, 0.15) is 6.92 Å². The average Bonchev–Trinajstić information content (AvgIpc) is 2.17. The van der Waals surface area contributed by atoms with E-state index in [-0.39, 0.29) is 0 Å². The summed E-state index contributed by atoms with van der Waals surface area (Å²) in [5, 5.41) is 3.34. The number of nitrogens with zero attached hydrogens (tertiary/aromatic N) is 1. The Morgan fingerprint density at radius 2 is 2.13 bits per heavy atom. The molecule has 0 radical (unpaired) electrons. The Bertz CT molecular complexity index is 497. The van der Waals surface area contributed by atoms with Crippen LogP contribution in [0.4, 0.5) is 14.5 Å². The summed E-state index contributed by atoms with van der Waals surface area (Å²) in [6.45, 7) is 2.59. The summed E-state index contributed by atoms with van der Waals surface area (Å²) in [7, 11) is 0. The van der Waals surface area contributed by atoms with Crippen molar-refractivity contribution in [2.24, 2.45) is 0 Å². The Morgan fingerprint density at radius 3 is 2.87 bits per heavy atom.